The minimum absolute atomic E-state index is 0. The fourth-order valence-electron chi connectivity index (χ4n) is 1.22. The highest BCUT2D eigenvalue weighted by Crippen LogP contribution is 2.35. The quantitative estimate of drug-likeness (QED) is 0.835. The third kappa shape index (κ3) is 2.55. The number of halogens is 2. The second kappa shape index (κ2) is 4.44. The molecule has 0 atom stereocenters. The fraction of sp³-hybridized carbons (Fsp3) is 0.400. The first kappa shape index (κ1) is 13.0. The molecule has 5 heteroatoms. The highest BCUT2D eigenvalue weighted by molar-refractivity contribution is 9.10. The molecule has 0 spiro atoms. The van der Waals surface area contributed by atoms with Gasteiger partial charge in [-0.2, -0.15) is 0 Å². The van der Waals surface area contributed by atoms with Gasteiger partial charge in [-0.05, 0) is 47.0 Å². The molecule has 0 radical (unpaired) electrons. The lowest BCUT2D eigenvalue weighted by molar-refractivity contribution is 0.595. The smallest absolute Gasteiger partial charge is 0.181 e. The summed E-state index contributed by atoms with van der Waals surface area (Å²) in [5.41, 5.74) is 0. The normalized spacial score (nSPS) is 15.9. The molecule has 2 rings (SSSR count). The van der Waals surface area contributed by atoms with E-state index >= 15 is 0 Å². The molecule has 1 saturated carbocycles. The third-order valence-corrected chi connectivity index (χ3v) is 5.68. The van der Waals surface area contributed by atoms with Crippen molar-refractivity contribution in [3.8, 4) is 0 Å². The van der Waals surface area contributed by atoms with Gasteiger partial charge in [0.25, 0.3) is 0 Å². The molecular weight excluding hydrogens is 300 g/mol. The van der Waals surface area contributed by atoms with Crippen molar-refractivity contribution in [2.24, 2.45) is 0 Å². The Kier molecular flexibility index (Phi) is 3.85. The third-order valence-electron chi connectivity index (χ3n) is 2.18. The van der Waals surface area contributed by atoms with Crippen LogP contribution in [0.1, 0.15) is 20.3 Å². The number of benzene rings is 1. The van der Waals surface area contributed by atoms with Crippen LogP contribution in [0.25, 0.3) is 0 Å². The average molecular weight is 312 g/mol. The molecule has 0 heterocycles. The molecule has 1 fully saturated rings. The topological polar surface area (TPSA) is 34.1 Å². The van der Waals surface area contributed by atoms with Crippen LogP contribution in [0.5, 0.6) is 0 Å². The highest BCUT2D eigenvalue weighted by Gasteiger charge is 2.36. The van der Waals surface area contributed by atoms with Gasteiger partial charge in [-0.1, -0.05) is 19.0 Å². The molecular formula is C10H12BrClO2S. The van der Waals surface area contributed by atoms with E-state index < -0.39 is 9.84 Å². The standard InChI is InChI=1S/C9H8BrClO2S.CH4/c10-8-4-3-7(5-9(8)11)14(12,13)6-1-2-6;/h3-6H,1-2H2;1H4. The number of rotatable bonds is 2. The minimum atomic E-state index is -3.11. The molecule has 1 aliphatic rings. The largest absolute Gasteiger partial charge is 0.223 e. The van der Waals surface area contributed by atoms with E-state index in [0.29, 0.717) is 14.4 Å². The molecule has 0 aromatic heterocycles. The summed E-state index contributed by atoms with van der Waals surface area (Å²) in [5.74, 6) is 0. The molecule has 0 aliphatic heterocycles. The summed E-state index contributed by atoms with van der Waals surface area (Å²) in [6, 6.07) is 4.75. The maximum Gasteiger partial charge on any atom is 0.181 e. The van der Waals surface area contributed by atoms with Gasteiger partial charge in [0.15, 0.2) is 9.84 Å². The van der Waals surface area contributed by atoms with Gasteiger partial charge in [0.2, 0.25) is 0 Å². The predicted octanol–water partition coefficient (Wildman–Crippen LogP) is 3.67. The van der Waals surface area contributed by atoms with Gasteiger partial charge in [-0.15, -0.1) is 0 Å². The van der Waals surface area contributed by atoms with Crippen LogP contribution in [0.3, 0.4) is 0 Å². The minimum Gasteiger partial charge on any atom is -0.223 e. The lowest BCUT2D eigenvalue weighted by Crippen LogP contribution is -2.06. The van der Waals surface area contributed by atoms with Crippen molar-refractivity contribution in [2.45, 2.75) is 30.4 Å². The van der Waals surface area contributed by atoms with E-state index in [-0.39, 0.29) is 12.7 Å². The number of hydrogen-bond acceptors (Lipinski definition) is 2. The van der Waals surface area contributed by atoms with Crippen molar-refractivity contribution in [1.82, 2.24) is 0 Å². The van der Waals surface area contributed by atoms with Crippen LogP contribution in [0.4, 0.5) is 0 Å². The van der Waals surface area contributed by atoms with Crippen molar-refractivity contribution in [1.29, 1.82) is 0 Å². The Labute approximate surface area is 104 Å². The summed E-state index contributed by atoms with van der Waals surface area (Å²) in [6.45, 7) is 0. The average Bonchev–Trinajstić information content (AvgIpc) is 2.92. The number of hydrogen-bond donors (Lipinski definition) is 0. The molecule has 0 amide bonds. The molecule has 1 aliphatic carbocycles. The van der Waals surface area contributed by atoms with Crippen LogP contribution in [0.2, 0.25) is 5.02 Å². The van der Waals surface area contributed by atoms with Crippen LogP contribution < -0.4 is 0 Å². The maximum atomic E-state index is 11.8. The van der Waals surface area contributed by atoms with E-state index in [2.05, 4.69) is 15.9 Å². The molecule has 2 nitrogen and oxygen atoms in total. The Morgan fingerprint density at radius 3 is 2.40 bits per heavy atom. The summed E-state index contributed by atoms with van der Waals surface area (Å²) < 4.78 is 24.3. The van der Waals surface area contributed by atoms with Crippen LogP contribution >= 0.6 is 27.5 Å². The van der Waals surface area contributed by atoms with Crippen LogP contribution in [-0.4, -0.2) is 13.7 Å². The van der Waals surface area contributed by atoms with E-state index in [1.54, 1.807) is 12.1 Å². The van der Waals surface area contributed by atoms with Crippen LogP contribution in [-0.2, 0) is 9.84 Å². The molecule has 0 unspecified atom stereocenters. The Bertz CT molecular complexity index is 466. The van der Waals surface area contributed by atoms with E-state index in [1.165, 1.54) is 6.07 Å². The first-order valence-corrected chi connectivity index (χ1v) is 6.92. The van der Waals surface area contributed by atoms with E-state index in [9.17, 15) is 8.42 Å². The monoisotopic (exact) mass is 310 g/mol. The molecule has 0 saturated heterocycles. The van der Waals surface area contributed by atoms with Crippen LogP contribution in [0, 0.1) is 0 Å². The van der Waals surface area contributed by atoms with E-state index in [1.807, 2.05) is 0 Å². The van der Waals surface area contributed by atoms with E-state index in [0.717, 1.165) is 12.8 Å². The summed E-state index contributed by atoms with van der Waals surface area (Å²) in [4.78, 5) is 0.327. The first-order chi connectivity index (χ1) is 6.51. The Morgan fingerprint density at radius 2 is 1.93 bits per heavy atom. The fourth-order valence-corrected chi connectivity index (χ4v) is 3.40. The molecule has 1 aromatic rings. The highest BCUT2D eigenvalue weighted by atomic mass is 79.9. The van der Waals surface area contributed by atoms with Crippen LogP contribution in [0.15, 0.2) is 27.6 Å². The SMILES string of the molecule is C.O=S(=O)(c1ccc(Br)c(Cl)c1)C1CC1. The van der Waals surface area contributed by atoms with Gasteiger partial charge in [-0.3, -0.25) is 0 Å². The lowest BCUT2D eigenvalue weighted by Gasteiger charge is -2.03. The van der Waals surface area contributed by atoms with Crippen molar-refractivity contribution in [2.75, 3.05) is 0 Å². The Hall–Kier alpha value is -0.0600. The second-order valence-electron chi connectivity index (χ2n) is 3.32. The van der Waals surface area contributed by atoms with Crippen molar-refractivity contribution in [3.63, 3.8) is 0 Å². The summed E-state index contributed by atoms with van der Waals surface area (Å²) in [5, 5.41) is 0.256. The summed E-state index contributed by atoms with van der Waals surface area (Å²) >= 11 is 9.06. The van der Waals surface area contributed by atoms with E-state index in [4.69, 9.17) is 11.6 Å². The van der Waals surface area contributed by atoms with Crippen molar-refractivity contribution >= 4 is 37.4 Å². The summed E-state index contributed by atoms with van der Waals surface area (Å²) in [6.07, 6.45) is 1.55. The Morgan fingerprint density at radius 1 is 1.33 bits per heavy atom. The second-order valence-corrected chi connectivity index (χ2v) is 6.81. The predicted molar refractivity (Wildman–Crippen MR) is 66.1 cm³/mol. The summed E-state index contributed by atoms with van der Waals surface area (Å²) in [7, 11) is -3.11. The number of sulfone groups is 1. The van der Waals surface area contributed by atoms with Crippen molar-refractivity contribution < 1.29 is 8.42 Å². The van der Waals surface area contributed by atoms with Crippen molar-refractivity contribution in [3.05, 3.63) is 27.7 Å². The van der Waals surface area contributed by atoms with Gasteiger partial charge in [0.1, 0.15) is 0 Å². The Balaban J connectivity index is 0.00000112. The molecule has 1 aromatic carbocycles. The first-order valence-electron chi connectivity index (χ1n) is 4.21. The molecule has 0 bridgehead atoms. The molecule has 84 valence electrons. The maximum absolute atomic E-state index is 11.8. The molecule has 0 N–H and O–H groups in total. The van der Waals surface area contributed by atoms with Gasteiger partial charge in [0.05, 0.1) is 15.2 Å². The zero-order chi connectivity index (χ0) is 10.3. The zero-order valence-electron chi connectivity index (χ0n) is 7.20. The van der Waals surface area contributed by atoms with Gasteiger partial charge < -0.3 is 0 Å². The van der Waals surface area contributed by atoms with Gasteiger partial charge in [-0.25, -0.2) is 8.42 Å². The zero-order valence-corrected chi connectivity index (χ0v) is 10.4. The van der Waals surface area contributed by atoms with Gasteiger partial charge in [0, 0.05) is 4.47 Å². The van der Waals surface area contributed by atoms with Gasteiger partial charge >= 0.3 is 0 Å². The molecule has 15 heavy (non-hydrogen) atoms. The lowest BCUT2D eigenvalue weighted by atomic mass is 10.4.